The first-order chi connectivity index (χ1) is 11.7. The predicted molar refractivity (Wildman–Crippen MR) is 106 cm³/mol. The molecule has 0 bridgehead atoms. The van der Waals surface area contributed by atoms with E-state index in [2.05, 4.69) is 46.8 Å². The minimum atomic E-state index is -0.443. The maximum atomic E-state index is 11.1. The molecule has 0 saturated carbocycles. The largest absolute Gasteiger partial charge is 0.507 e. The summed E-state index contributed by atoms with van der Waals surface area (Å²) in [7, 11) is 0. The molecule has 3 nitrogen and oxygen atoms in total. The molecule has 1 aliphatic rings. The first kappa shape index (κ1) is 18.6. The van der Waals surface area contributed by atoms with E-state index < -0.39 is 5.41 Å². The van der Waals surface area contributed by atoms with Crippen LogP contribution in [-0.2, 0) is 16.2 Å². The molecule has 0 spiro atoms. The van der Waals surface area contributed by atoms with Crippen molar-refractivity contribution in [3.05, 3.63) is 46.5 Å². The van der Waals surface area contributed by atoms with Gasteiger partial charge in [0.25, 0.3) is 0 Å². The van der Waals surface area contributed by atoms with Gasteiger partial charge in [0, 0.05) is 28.2 Å². The summed E-state index contributed by atoms with van der Waals surface area (Å²) in [4.78, 5) is 0. The number of ether oxygens (including phenoxy) is 1. The van der Waals surface area contributed by atoms with Crippen LogP contribution >= 0.6 is 0 Å². The van der Waals surface area contributed by atoms with Gasteiger partial charge in [-0.25, -0.2) is 0 Å². The van der Waals surface area contributed by atoms with Crippen molar-refractivity contribution in [3.8, 4) is 23.0 Å². The molecule has 1 heterocycles. The fourth-order valence-electron chi connectivity index (χ4n) is 3.88. The Kier molecular flexibility index (Phi) is 3.88. The van der Waals surface area contributed by atoms with Gasteiger partial charge in [0.15, 0.2) is 0 Å². The maximum Gasteiger partial charge on any atom is 0.138 e. The van der Waals surface area contributed by atoms with Crippen molar-refractivity contribution in [2.75, 3.05) is 0 Å². The lowest BCUT2D eigenvalue weighted by molar-refractivity contribution is 0.365. The molecule has 3 rings (SSSR count). The van der Waals surface area contributed by atoms with E-state index in [0.717, 1.165) is 16.9 Å². The minimum absolute atomic E-state index is 0.0267. The average Bonchev–Trinajstić information content (AvgIpc) is 2.43. The fraction of sp³-hybridized carbons (Fsp3) is 0.478. The van der Waals surface area contributed by atoms with Gasteiger partial charge in [0.2, 0.25) is 0 Å². The number of hydrogen-bond acceptors (Lipinski definition) is 3. The lowest BCUT2D eigenvalue weighted by Crippen LogP contribution is -2.27. The second kappa shape index (κ2) is 5.42. The number of phenols is 2. The molecule has 0 atom stereocenters. The third-order valence-corrected chi connectivity index (χ3v) is 5.36. The molecular weight excluding hydrogens is 324 g/mol. The van der Waals surface area contributed by atoms with Gasteiger partial charge in [-0.1, -0.05) is 67.5 Å². The Hall–Kier alpha value is -2.16. The van der Waals surface area contributed by atoms with E-state index in [4.69, 9.17) is 4.74 Å². The number of rotatable bonds is 0. The molecule has 0 saturated heterocycles. The lowest BCUT2D eigenvalue weighted by atomic mass is 9.71. The summed E-state index contributed by atoms with van der Waals surface area (Å²) in [6.45, 7) is 16.7. The van der Waals surface area contributed by atoms with Gasteiger partial charge in [-0.2, -0.15) is 0 Å². The molecule has 2 aromatic rings. The Morgan fingerprint density at radius 3 is 2.00 bits per heavy atom. The molecular formula is C23H30O3. The van der Waals surface area contributed by atoms with Gasteiger partial charge in [-0.15, -0.1) is 0 Å². The molecule has 2 aromatic carbocycles. The molecule has 0 aromatic heterocycles. The van der Waals surface area contributed by atoms with Crippen LogP contribution in [0.15, 0.2) is 24.3 Å². The third-order valence-electron chi connectivity index (χ3n) is 5.36. The Bertz CT molecular complexity index is 878. The zero-order chi connectivity index (χ0) is 19.7. The average molecular weight is 354 g/mol. The van der Waals surface area contributed by atoms with Crippen LogP contribution in [0, 0.1) is 0 Å². The van der Waals surface area contributed by atoms with Crippen LogP contribution in [0.25, 0.3) is 0 Å². The highest BCUT2D eigenvalue weighted by Crippen LogP contribution is 2.56. The van der Waals surface area contributed by atoms with Crippen LogP contribution in [0.1, 0.15) is 77.6 Å². The molecule has 3 heteroatoms. The summed E-state index contributed by atoms with van der Waals surface area (Å²) in [5.41, 5.74) is 2.78. The topological polar surface area (TPSA) is 49.7 Å². The fourth-order valence-corrected chi connectivity index (χ4v) is 3.88. The molecule has 0 aliphatic carbocycles. The van der Waals surface area contributed by atoms with E-state index in [1.807, 2.05) is 26.8 Å². The van der Waals surface area contributed by atoms with Gasteiger partial charge in [0.05, 0.1) is 0 Å². The third kappa shape index (κ3) is 2.74. The van der Waals surface area contributed by atoms with Crippen LogP contribution in [-0.4, -0.2) is 10.2 Å². The van der Waals surface area contributed by atoms with E-state index in [-0.39, 0.29) is 22.3 Å². The van der Waals surface area contributed by atoms with Gasteiger partial charge in [-0.3, -0.25) is 0 Å². The molecule has 0 radical (unpaired) electrons. The van der Waals surface area contributed by atoms with Crippen molar-refractivity contribution in [2.45, 2.75) is 71.6 Å². The Morgan fingerprint density at radius 1 is 0.846 bits per heavy atom. The van der Waals surface area contributed by atoms with E-state index >= 15 is 0 Å². The van der Waals surface area contributed by atoms with Crippen molar-refractivity contribution in [3.63, 3.8) is 0 Å². The van der Waals surface area contributed by atoms with Crippen molar-refractivity contribution in [1.29, 1.82) is 0 Å². The summed E-state index contributed by atoms with van der Waals surface area (Å²) in [6.07, 6.45) is 0. The van der Waals surface area contributed by atoms with Crippen LogP contribution in [0.4, 0.5) is 0 Å². The standard InChI is InChI=1S/C23H30O3/c1-21(2,3)13-9-10-16-14(11-13)23(7,8)19-17(26-16)12-15(24)18(20(19)25)22(4,5)6/h9-12,24-25H,1-8H3. The van der Waals surface area contributed by atoms with E-state index in [1.165, 1.54) is 5.56 Å². The molecule has 0 unspecified atom stereocenters. The number of hydrogen-bond donors (Lipinski definition) is 2. The molecule has 2 N–H and O–H groups in total. The predicted octanol–water partition coefficient (Wildman–Crippen LogP) is 6.12. The van der Waals surface area contributed by atoms with Crippen LogP contribution in [0.3, 0.4) is 0 Å². The smallest absolute Gasteiger partial charge is 0.138 e. The summed E-state index contributed by atoms with van der Waals surface area (Å²) in [5, 5.41) is 21.6. The number of phenolic OH excluding ortho intramolecular Hbond substituents is 2. The molecule has 0 amide bonds. The molecule has 26 heavy (non-hydrogen) atoms. The molecule has 140 valence electrons. The van der Waals surface area contributed by atoms with Gasteiger partial charge in [-0.05, 0) is 22.5 Å². The highest BCUT2D eigenvalue weighted by Gasteiger charge is 2.40. The number of benzene rings is 2. The zero-order valence-electron chi connectivity index (χ0n) is 17.1. The molecule has 0 fully saturated rings. The van der Waals surface area contributed by atoms with E-state index in [1.54, 1.807) is 6.07 Å². The quantitative estimate of drug-likeness (QED) is 0.599. The van der Waals surface area contributed by atoms with E-state index in [0.29, 0.717) is 11.3 Å². The second-order valence-electron chi connectivity index (χ2n) is 9.93. The minimum Gasteiger partial charge on any atom is -0.507 e. The van der Waals surface area contributed by atoms with Gasteiger partial charge >= 0.3 is 0 Å². The second-order valence-corrected chi connectivity index (χ2v) is 9.93. The SMILES string of the molecule is CC(C)(C)c1ccc2c(c1)C(C)(C)c1c(cc(O)c(C(C)(C)C)c1O)O2. The van der Waals surface area contributed by atoms with Crippen LogP contribution in [0.2, 0.25) is 0 Å². The monoisotopic (exact) mass is 354 g/mol. The highest BCUT2D eigenvalue weighted by atomic mass is 16.5. The Balaban J connectivity index is 2.29. The van der Waals surface area contributed by atoms with Gasteiger partial charge in [0.1, 0.15) is 23.0 Å². The lowest BCUT2D eigenvalue weighted by Gasteiger charge is -2.38. The van der Waals surface area contributed by atoms with Crippen molar-refractivity contribution in [2.24, 2.45) is 0 Å². The van der Waals surface area contributed by atoms with Crippen LogP contribution < -0.4 is 4.74 Å². The van der Waals surface area contributed by atoms with E-state index in [9.17, 15) is 10.2 Å². The molecule has 1 aliphatic heterocycles. The highest BCUT2D eigenvalue weighted by molar-refractivity contribution is 5.67. The number of fused-ring (bicyclic) bond motifs is 2. The van der Waals surface area contributed by atoms with Gasteiger partial charge < -0.3 is 14.9 Å². The van der Waals surface area contributed by atoms with Crippen LogP contribution in [0.5, 0.6) is 23.0 Å². The maximum absolute atomic E-state index is 11.1. The Morgan fingerprint density at radius 2 is 1.46 bits per heavy atom. The van der Waals surface area contributed by atoms with Crippen molar-refractivity contribution in [1.82, 2.24) is 0 Å². The summed E-state index contributed by atoms with van der Waals surface area (Å²) >= 11 is 0. The number of aromatic hydroxyl groups is 2. The summed E-state index contributed by atoms with van der Waals surface area (Å²) < 4.78 is 6.09. The Labute approximate surface area is 156 Å². The van der Waals surface area contributed by atoms with Crippen molar-refractivity contribution >= 4 is 0 Å². The van der Waals surface area contributed by atoms with Crippen molar-refractivity contribution < 1.29 is 14.9 Å². The first-order valence-corrected chi connectivity index (χ1v) is 9.17. The first-order valence-electron chi connectivity index (χ1n) is 9.17. The summed E-state index contributed by atoms with van der Waals surface area (Å²) in [6, 6.07) is 7.90. The zero-order valence-corrected chi connectivity index (χ0v) is 17.1. The summed E-state index contributed by atoms with van der Waals surface area (Å²) in [5.74, 6) is 1.50. The normalized spacial score (nSPS) is 15.8.